The van der Waals surface area contributed by atoms with Crippen molar-refractivity contribution >= 4 is 11.7 Å². The minimum absolute atomic E-state index is 0.101. The SMILES string of the molecule is O=C(Nc1ccccc1)NC(CCO)C1CC1. The van der Waals surface area contributed by atoms with Gasteiger partial charge in [-0.15, -0.1) is 0 Å². The number of aliphatic hydroxyl groups excluding tert-OH is 1. The molecular formula is C13H18N2O2. The summed E-state index contributed by atoms with van der Waals surface area (Å²) >= 11 is 0. The van der Waals surface area contributed by atoms with E-state index in [4.69, 9.17) is 5.11 Å². The quantitative estimate of drug-likeness (QED) is 0.729. The van der Waals surface area contributed by atoms with Crippen molar-refractivity contribution in [3.8, 4) is 0 Å². The van der Waals surface area contributed by atoms with Gasteiger partial charge >= 0.3 is 6.03 Å². The van der Waals surface area contributed by atoms with Crippen molar-refractivity contribution in [1.82, 2.24) is 5.32 Å². The maximum Gasteiger partial charge on any atom is 0.319 e. The average Bonchev–Trinajstić information content (AvgIpc) is 3.13. The van der Waals surface area contributed by atoms with Crippen LogP contribution in [0.2, 0.25) is 0 Å². The Morgan fingerprint density at radius 2 is 2.06 bits per heavy atom. The lowest BCUT2D eigenvalue weighted by Crippen LogP contribution is -2.39. The van der Waals surface area contributed by atoms with E-state index in [0.717, 1.165) is 18.5 Å². The minimum Gasteiger partial charge on any atom is -0.396 e. The molecular weight excluding hydrogens is 216 g/mol. The van der Waals surface area contributed by atoms with Gasteiger partial charge in [-0.2, -0.15) is 0 Å². The zero-order chi connectivity index (χ0) is 12.1. The number of anilines is 1. The van der Waals surface area contributed by atoms with E-state index in [2.05, 4.69) is 10.6 Å². The third-order valence-electron chi connectivity index (χ3n) is 2.98. The molecule has 3 N–H and O–H groups in total. The van der Waals surface area contributed by atoms with Crippen molar-refractivity contribution in [2.75, 3.05) is 11.9 Å². The maximum atomic E-state index is 11.7. The first-order valence-corrected chi connectivity index (χ1v) is 6.03. The third kappa shape index (κ3) is 3.75. The normalized spacial score (nSPS) is 16.3. The zero-order valence-electron chi connectivity index (χ0n) is 9.73. The van der Waals surface area contributed by atoms with Gasteiger partial charge in [-0.05, 0) is 37.3 Å². The van der Waals surface area contributed by atoms with Crippen molar-refractivity contribution in [3.63, 3.8) is 0 Å². The van der Waals surface area contributed by atoms with Crippen LogP contribution < -0.4 is 10.6 Å². The number of carbonyl (C=O) groups excluding carboxylic acids is 1. The number of hydrogen-bond acceptors (Lipinski definition) is 2. The van der Waals surface area contributed by atoms with Crippen LogP contribution in [0.15, 0.2) is 30.3 Å². The van der Waals surface area contributed by atoms with Crippen molar-refractivity contribution < 1.29 is 9.90 Å². The Balaban J connectivity index is 1.83. The molecule has 17 heavy (non-hydrogen) atoms. The van der Waals surface area contributed by atoms with Crippen LogP contribution in [0.3, 0.4) is 0 Å². The maximum absolute atomic E-state index is 11.7. The highest BCUT2D eigenvalue weighted by molar-refractivity contribution is 5.89. The zero-order valence-corrected chi connectivity index (χ0v) is 9.73. The Morgan fingerprint density at radius 1 is 1.35 bits per heavy atom. The Hall–Kier alpha value is -1.55. The lowest BCUT2D eigenvalue weighted by Gasteiger charge is -2.17. The molecule has 2 amide bonds. The molecule has 4 heteroatoms. The van der Waals surface area contributed by atoms with Gasteiger partial charge in [-0.3, -0.25) is 0 Å². The second kappa shape index (κ2) is 5.68. The smallest absolute Gasteiger partial charge is 0.319 e. The van der Waals surface area contributed by atoms with Gasteiger partial charge in [0.15, 0.2) is 0 Å². The monoisotopic (exact) mass is 234 g/mol. The number of amides is 2. The molecule has 1 aliphatic rings. The topological polar surface area (TPSA) is 61.4 Å². The molecule has 2 rings (SSSR count). The Bertz CT molecular complexity index is 363. The summed E-state index contributed by atoms with van der Waals surface area (Å²) in [6.45, 7) is 0.118. The first kappa shape index (κ1) is 11.9. The van der Waals surface area contributed by atoms with Gasteiger partial charge in [0.05, 0.1) is 0 Å². The standard InChI is InChI=1S/C13H18N2O2/c16-9-8-12(10-6-7-10)15-13(17)14-11-4-2-1-3-5-11/h1-5,10,12,16H,6-9H2,(H2,14,15,17). The van der Waals surface area contributed by atoms with E-state index in [-0.39, 0.29) is 18.7 Å². The van der Waals surface area contributed by atoms with Crippen molar-refractivity contribution in [2.24, 2.45) is 5.92 Å². The highest BCUT2D eigenvalue weighted by Crippen LogP contribution is 2.33. The highest BCUT2D eigenvalue weighted by atomic mass is 16.3. The molecule has 0 aliphatic heterocycles. The van der Waals surface area contributed by atoms with Crippen molar-refractivity contribution in [1.29, 1.82) is 0 Å². The van der Waals surface area contributed by atoms with Crippen LogP contribution in [0.4, 0.5) is 10.5 Å². The van der Waals surface area contributed by atoms with Crippen LogP contribution in [0.1, 0.15) is 19.3 Å². The Labute approximate surface area is 101 Å². The van der Waals surface area contributed by atoms with Gasteiger partial charge in [0.2, 0.25) is 0 Å². The molecule has 92 valence electrons. The van der Waals surface area contributed by atoms with Crippen LogP contribution in [0.25, 0.3) is 0 Å². The molecule has 0 heterocycles. The van der Waals surface area contributed by atoms with Crippen LogP contribution in [0, 0.1) is 5.92 Å². The third-order valence-corrected chi connectivity index (χ3v) is 2.98. The van der Waals surface area contributed by atoms with Gasteiger partial charge in [-0.25, -0.2) is 4.79 Å². The fourth-order valence-electron chi connectivity index (χ4n) is 1.92. The van der Waals surface area contributed by atoms with Crippen LogP contribution in [0.5, 0.6) is 0 Å². The summed E-state index contributed by atoms with van der Waals surface area (Å²) in [6, 6.07) is 9.26. The average molecular weight is 234 g/mol. The van der Waals surface area contributed by atoms with E-state index in [1.54, 1.807) is 0 Å². The summed E-state index contributed by atoms with van der Waals surface area (Å²) in [5, 5.41) is 14.6. The summed E-state index contributed by atoms with van der Waals surface area (Å²) in [5.41, 5.74) is 0.781. The second-order valence-electron chi connectivity index (χ2n) is 4.42. The molecule has 1 aliphatic carbocycles. The van der Waals surface area contributed by atoms with E-state index >= 15 is 0 Å². The van der Waals surface area contributed by atoms with Gasteiger partial charge < -0.3 is 15.7 Å². The molecule has 1 aromatic carbocycles. The number of aliphatic hydroxyl groups is 1. The predicted octanol–water partition coefficient (Wildman–Crippen LogP) is 1.97. The minimum atomic E-state index is -0.193. The predicted molar refractivity (Wildman–Crippen MR) is 66.8 cm³/mol. The lowest BCUT2D eigenvalue weighted by molar-refractivity contribution is 0.234. The van der Waals surface area contributed by atoms with E-state index in [0.29, 0.717) is 12.3 Å². The lowest BCUT2D eigenvalue weighted by atomic mass is 10.1. The first-order chi connectivity index (χ1) is 8.29. The Morgan fingerprint density at radius 3 is 2.65 bits per heavy atom. The number of para-hydroxylation sites is 1. The summed E-state index contributed by atoms with van der Waals surface area (Å²) in [5.74, 6) is 0.545. The molecule has 1 unspecified atom stereocenters. The fourth-order valence-corrected chi connectivity index (χ4v) is 1.92. The van der Waals surface area contributed by atoms with Crippen molar-refractivity contribution in [3.05, 3.63) is 30.3 Å². The summed E-state index contributed by atoms with van der Waals surface area (Å²) < 4.78 is 0. The van der Waals surface area contributed by atoms with E-state index in [9.17, 15) is 4.79 Å². The molecule has 4 nitrogen and oxygen atoms in total. The van der Waals surface area contributed by atoms with Gasteiger partial charge in [-0.1, -0.05) is 18.2 Å². The number of carbonyl (C=O) groups is 1. The molecule has 0 spiro atoms. The number of benzene rings is 1. The second-order valence-corrected chi connectivity index (χ2v) is 4.42. The molecule has 1 saturated carbocycles. The molecule has 0 radical (unpaired) electrons. The largest absolute Gasteiger partial charge is 0.396 e. The van der Waals surface area contributed by atoms with Gasteiger partial charge in [0.1, 0.15) is 0 Å². The number of urea groups is 1. The van der Waals surface area contributed by atoms with E-state index in [1.165, 1.54) is 0 Å². The number of nitrogens with one attached hydrogen (secondary N) is 2. The van der Waals surface area contributed by atoms with Crippen LogP contribution in [-0.4, -0.2) is 23.8 Å². The molecule has 0 bridgehead atoms. The Kier molecular flexibility index (Phi) is 3.98. The molecule has 1 atom stereocenters. The van der Waals surface area contributed by atoms with E-state index in [1.807, 2.05) is 30.3 Å². The fraction of sp³-hybridized carbons (Fsp3) is 0.462. The number of hydrogen-bond donors (Lipinski definition) is 3. The van der Waals surface area contributed by atoms with Crippen LogP contribution >= 0.6 is 0 Å². The molecule has 0 aromatic heterocycles. The van der Waals surface area contributed by atoms with Gasteiger partial charge in [0.25, 0.3) is 0 Å². The number of rotatable bonds is 5. The van der Waals surface area contributed by atoms with Crippen LogP contribution in [-0.2, 0) is 0 Å². The summed E-state index contributed by atoms with van der Waals surface area (Å²) in [7, 11) is 0. The van der Waals surface area contributed by atoms with Crippen molar-refractivity contribution in [2.45, 2.75) is 25.3 Å². The molecule has 1 fully saturated rings. The van der Waals surface area contributed by atoms with E-state index < -0.39 is 0 Å². The summed E-state index contributed by atoms with van der Waals surface area (Å²) in [4.78, 5) is 11.7. The molecule has 0 saturated heterocycles. The first-order valence-electron chi connectivity index (χ1n) is 6.03. The molecule has 1 aromatic rings. The van der Waals surface area contributed by atoms with Gasteiger partial charge in [0, 0.05) is 18.3 Å². The summed E-state index contributed by atoms with van der Waals surface area (Å²) in [6.07, 6.45) is 2.93. The highest BCUT2D eigenvalue weighted by Gasteiger charge is 2.31.